The van der Waals surface area contributed by atoms with E-state index in [-0.39, 0.29) is 29.4 Å². The van der Waals surface area contributed by atoms with E-state index in [1.807, 2.05) is 30.3 Å². The highest BCUT2D eigenvalue weighted by Crippen LogP contribution is 2.20. The van der Waals surface area contributed by atoms with Crippen molar-refractivity contribution in [3.05, 3.63) is 76.6 Å². The molecule has 0 aliphatic rings. The van der Waals surface area contributed by atoms with E-state index in [1.54, 1.807) is 31.2 Å². The molecule has 3 aromatic rings. The van der Waals surface area contributed by atoms with Gasteiger partial charge in [0.25, 0.3) is 5.56 Å². The highest BCUT2D eigenvalue weighted by atomic mass is 32.2. The van der Waals surface area contributed by atoms with E-state index in [2.05, 4.69) is 15.3 Å². The van der Waals surface area contributed by atoms with Crippen molar-refractivity contribution in [2.24, 2.45) is 0 Å². The summed E-state index contributed by atoms with van der Waals surface area (Å²) in [5, 5.41) is 3.04. The predicted octanol–water partition coefficient (Wildman–Crippen LogP) is 3.34. The van der Waals surface area contributed by atoms with Crippen LogP contribution in [0.15, 0.2) is 70.6 Å². The predicted molar refractivity (Wildman–Crippen MR) is 112 cm³/mol. The van der Waals surface area contributed by atoms with Gasteiger partial charge < -0.3 is 15.0 Å². The van der Waals surface area contributed by atoms with Gasteiger partial charge in [-0.25, -0.2) is 9.78 Å². The average molecular weight is 409 g/mol. The Hall–Kier alpha value is -3.39. The number of aromatic amines is 1. The lowest BCUT2D eigenvalue weighted by atomic mass is 10.1. The van der Waals surface area contributed by atoms with E-state index in [0.29, 0.717) is 16.5 Å². The van der Waals surface area contributed by atoms with Crippen LogP contribution in [0.5, 0.6) is 0 Å². The number of amides is 1. The van der Waals surface area contributed by atoms with Gasteiger partial charge in [0.15, 0.2) is 5.16 Å². The molecule has 8 heteroatoms. The maximum atomic E-state index is 12.4. The van der Waals surface area contributed by atoms with Gasteiger partial charge in [0, 0.05) is 11.6 Å². The number of hydrogen-bond acceptors (Lipinski definition) is 6. The zero-order chi connectivity index (χ0) is 20.6. The second-order valence-corrected chi connectivity index (χ2v) is 6.87. The summed E-state index contributed by atoms with van der Waals surface area (Å²) in [5.41, 5.74) is 1.70. The molecule has 0 bridgehead atoms. The molecule has 3 rings (SSSR count). The van der Waals surface area contributed by atoms with Crippen molar-refractivity contribution in [1.82, 2.24) is 9.97 Å². The summed E-state index contributed by atoms with van der Waals surface area (Å²) in [7, 11) is 0. The van der Waals surface area contributed by atoms with Crippen LogP contribution < -0.4 is 10.9 Å². The van der Waals surface area contributed by atoms with Crippen LogP contribution in [0, 0.1) is 0 Å². The van der Waals surface area contributed by atoms with Gasteiger partial charge in [0.1, 0.15) is 0 Å². The molecule has 7 nitrogen and oxygen atoms in total. The molecule has 1 heterocycles. The van der Waals surface area contributed by atoms with Crippen LogP contribution in [-0.4, -0.2) is 34.2 Å². The van der Waals surface area contributed by atoms with E-state index in [0.717, 1.165) is 17.3 Å². The second-order valence-electron chi connectivity index (χ2n) is 5.90. The van der Waals surface area contributed by atoms with E-state index >= 15 is 0 Å². The fourth-order valence-electron chi connectivity index (χ4n) is 2.56. The first-order chi connectivity index (χ1) is 14.1. The van der Waals surface area contributed by atoms with Crippen molar-refractivity contribution in [2.45, 2.75) is 12.1 Å². The molecule has 0 unspecified atom stereocenters. The third-order valence-corrected chi connectivity index (χ3v) is 4.70. The van der Waals surface area contributed by atoms with Crippen molar-refractivity contribution < 1.29 is 14.3 Å². The van der Waals surface area contributed by atoms with E-state index in [9.17, 15) is 14.4 Å². The summed E-state index contributed by atoms with van der Waals surface area (Å²) in [6, 6.07) is 17.4. The number of ether oxygens (including phenoxy) is 1. The number of rotatable bonds is 7. The quantitative estimate of drug-likeness (QED) is 0.353. The van der Waals surface area contributed by atoms with Gasteiger partial charge in [-0.3, -0.25) is 9.59 Å². The molecule has 0 atom stereocenters. The second kappa shape index (κ2) is 9.70. The molecule has 0 aliphatic heterocycles. The molecule has 0 saturated heterocycles. The molecule has 0 radical (unpaired) electrons. The first-order valence-electron chi connectivity index (χ1n) is 8.92. The number of benzene rings is 2. The Bertz CT molecular complexity index is 1070. The number of hydrogen-bond donors (Lipinski definition) is 2. The lowest BCUT2D eigenvalue weighted by molar-refractivity contribution is -0.113. The van der Waals surface area contributed by atoms with Crippen LogP contribution in [0.4, 0.5) is 5.69 Å². The number of carbonyl (C=O) groups excluding carboxylic acids is 2. The van der Waals surface area contributed by atoms with Gasteiger partial charge in [-0.1, -0.05) is 54.2 Å². The molecule has 0 aliphatic carbocycles. The summed E-state index contributed by atoms with van der Waals surface area (Å²) in [6.45, 7) is 1.96. The summed E-state index contributed by atoms with van der Waals surface area (Å²) < 4.78 is 5.00. The number of H-pyrrole nitrogens is 1. The molecular weight excluding hydrogens is 390 g/mol. The number of thioether (sulfide) groups is 1. The standard InChI is InChI=1S/C21H19N3O4S/c1-2-28-20(27)15-10-6-7-11-16(15)22-19(26)13-29-21-23-17(12-18(25)24-21)14-8-4-3-5-9-14/h3-12H,2,13H2,1H3,(H,22,26)(H,23,24,25). The van der Waals surface area contributed by atoms with Gasteiger partial charge in [0.05, 0.1) is 29.3 Å². The molecular formula is C21H19N3O4S. The van der Waals surface area contributed by atoms with Gasteiger partial charge in [-0.05, 0) is 19.1 Å². The molecule has 1 amide bonds. The monoisotopic (exact) mass is 409 g/mol. The molecule has 0 fully saturated rings. The number of anilines is 1. The molecule has 1 aromatic heterocycles. The number of esters is 1. The molecule has 148 valence electrons. The zero-order valence-corrected chi connectivity index (χ0v) is 16.5. The number of nitrogens with one attached hydrogen (secondary N) is 2. The average Bonchev–Trinajstić information content (AvgIpc) is 2.73. The van der Waals surface area contributed by atoms with Crippen LogP contribution in [0.25, 0.3) is 11.3 Å². The smallest absolute Gasteiger partial charge is 0.340 e. The lowest BCUT2D eigenvalue weighted by Crippen LogP contribution is -2.18. The van der Waals surface area contributed by atoms with Crippen LogP contribution >= 0.6 is 11.8 Å². The van der Waals surface area contributed by atoms with Crippen LogP contribution in [-0.2, 0) is 9.53 Å². The zero-order valence-electron chi connectivity index (χ0n) is 15.7. The number of nitrogens with zero attached hydrogens (tertiary/aromatic N) is 1. The Labute approximate surface area is 171 Å². The highest BCUT2D eigenvalue weighted by molar-refractivity contribution is 7.99. The normalized spacial score (nSPS) is 10.4. The van der Waals surface area contributed by atoms with Crippen molar-refractivity contribution in [2.75, 3.05) is 17.7 Å². The van der Waals surface area contributed by atoms with Gasteiger partial charge in [0.2, 0.25) is 5.91 Å². The Morgan fingerprint density at radius 2 is 1.83 bits per heavy atom. The minimum atomic E-state index is -0.502. The molecule has 0 saturated carbocycles. The Balaban J connectivity index is 1.69. The maximum absolute atomic E-state index is 12.4. The van der Waals surface area contributed by atoms with Gasteiger partial charge in [-0.15, -0.1) is 0 Å². The van der Waals surface area contributed by atoms with Crippen molar-refractivity contribution in [3.8, 4) is 11.3 Å². The SMILES string of the molecule is CCOC(=O)c1ccccc1NC(=O)CSc1nc(-c2ccccc2)cc(=O)[nH]1. The number of aromatic nitrogens is 2. The van der Waals surface area contributed by atoms with Crippen LogP contribution in [0.3, 0.4) is 0 Å². The van der Waals surface area contributed by atoms with Crippen molar-refractivity contribution in [1.29, 1.82) is 0 Å². The minimum absolute atomic E-state index is 0.0122. The van der Waals surface area contributed by atoms with Crippen molar-refractivity contribution in [3.63, 3.8) is 0 Å². The first-order valence-corrected chi connectivity index (χ1v) is 9.91. The molecule has 29 heavy (non-hydrogen) atoms. The Kier molecular flexibility index (Phi) is 6.80. The number of para-hydroxylation sites is 1. The fraction of sp³-hybridized carbons (Fsp3) is 0.143. The van der Waals surface area contributed by atoms with Gasteiger partial charge >= 0.3 is 5.97 Å². The Morgan fingerprint density at radius 3 is 2.59 bits per heavy atom. The van der Waals surface area contributed by atoms with E-state index in [1.165, 1.54) is 6.07 Å². The summed E-state index contributed by atoms with van der Waals surface area (Å²) in [6.07, 6.45) is 0. The van der Waals surface area contributed by atoms with Crippen LogP contribution in [0.1, 0.15) is 17.3 Å². The molecule has 2 N–H and O–H groups in total. The number of carbonyl (C=O) groups is 2. The first kappa shape index (κ1) is 20.3. The summed E-state index contributed by atoms with van der Waals surface area (Å²) >= 11 is 1.10. The lowest BCUT2D eigenvalue weighted by Gasteiger charge is -2.10. The van der Waals surface area contributed by atoms with Crippen LogP contribution in [0.2, 0.25) is 0 Å². The maximum Gasteiger partial charge on any atom is 0.340 e. The van der Waals surface area contributed by atoms with E-state index < -0.39 is 5.97 Å². The van der Waals surface area contributed by atoms with E-state index in [4.69, 9.17) is 4.74 Å². The van der Waals surface area contributed by atoms with Crippen molar-refractivity contribution >= 4 is 29.3 Å². The van der Waals surface area contributed by atoms with Gasteiger partial charge in [-0.2, -0.15) is 0 Å². The molecule has 2 aromatic carbocycles. The largest absolute Gasteiger partial charge is 0.462 e. The Morgan fingerprint density at radius 1 is 1.10 bits per heavy atom. The topological polar surface area (TPSA) is 101 Å². The minimum Gasteiger partial charge on any atom is -0.462 e. The fourth-order valence-corrected chi connectivity index (χ4v) is 3.24. The molecule has 0 spiro atoms. The summed E-state index contributed by atoms with van der Waals surface area (Å²) in [4.78, 5) is 43.3. The summed E-state index contributed by atoms with van der Waals surface area (Å²) in [5.74, 6) is -0.824. The highest BCUT2D eigenvalue weighted by Gasteiger charge is 2.14. The third-order valence-electron chi connectivity index (χ3n) is 3.83. The third kappa shape index (κ3) is 5.55.